The molecule has 2 aliphatic heterocycles. The van der Waals surface area contributed by atoms with E-state index in [4.69, 9.17) is 4.74 Å². The molecule has 160 valence electrons. The number of fused-ring (bicyclic) bond motifs is 1. The van der Waals surface area contributed by atoms with Crippen LogP contribution in [0.4, 0.5) is 16.4 Å². The molecule has 1 fully saturated rings. The van der Waals surface area contributed by atoms with Gasteiger partial charge in [-0.05, 0) is 54.9 Å². The van der Waals surface area contributed by atoms with Crippen LogP contribution in [0.15, 0.2) is 18.3 Å². The summed E-state index contributed by atoms with van der Waals surface area (Å²) in [7, 11) is 0. The number of hydrogen-bond acceptors (Lipinski definition) is 7. The first kappa shape index (κ1) is 20.9. The molecule has 9 nitrogen and oxygen atoms in total. The molecule has 0 aliphatic carbocycles. The average Bonchev–Trinajstić information content (AvgIpc) is 3.31. The number of rotatable bonds is 5. The van der Waals surface area contributed by atoms with Crippen molar-refractivity contribution in [2.24, 2.45) is 5.92 Å². The van der Waals surface area contributed by atoms with Crippen molar-refractivity contribution in [3.63, 3.8) is 0 Å². The van der Waals surface area contributed by atoms with Crippen LogP contribution in [0.3, 0.4) is 0 Å². The minimum absolute atomic E-state index is 0.124. The lowest BCUT2D eigenvalue weighted by molar-refractivity contribution is 0.111. The summed E-state index contributed by atoms with van der Waals surface area (Å²) >= 11 is 0. The molecule has 1 atom stereocenters. The molecule has 1 unspecified atom stereocenters. The molecule has 2 aliphatic rings. The molecule has 9 heteroatoms. The normalized spacial score (nSPS) is 17.7. The second kappa shape index (κ2) is 9.20. The number of aryl methyl sites for hydroxylation is 1. The average molecular weight is 421 g/mol. The Bertz CT molecular complexity index is 1040. The number of carbonyl (C=O) groups excluding carboxylic acids is 2. The molecule has 2 N–H and O–H groups in total. The van der Waals surface area contributed by atoms with Crippen molar-refractivity contribution in [3.8, 4) is 6.07 Å². The standard InChI is InChI=1S/C22H23N5O4/c23-9-18-10-24-20(8-16(18)6-14-3-5-31-13-14)26-22(30)27-4-1-2-15-7-17(11-28)19(12-29)25-21(15)27/h7-8,10,12,14,28H,1-6,11,13H2,(H,24,26,30). The van der Waals surface area contributed by atoms with Crippen LogP contribution in [0.5, 0.6) is 0 Å². The fourth-order valence-corrected chi connectivity index (χ4v) is 4.05. The highest BCUT2D eigenvalue weighted by molar-refractivity contribution is 6.01. The van der Waals surface area contributed by atoms with Crippen molar-refractivity contribution in [3.05, 3.63) is 46.3 Å². The number of ether oxygens (including phenoxy) is 1. The maximum absolute atomic E-state index is 13.0. The number of hydrogen-bond donors (Lipinski definition) is 2. The van der Waals surface area contributed by atoms with Crippen LogP contribution < -0.4 is 10.2 Å². The molecular weight excluding hydrogens is 398 g/mol. The molecule has 0 spiro atoms. The Morgan fingerprint density at radius 2 is 2.29 bits per heavy atom. The Labute approximate surface area is 179 Å². The smallest absolute Gasteiger partial charge is 0.328 e. The Morgan fingerprint density at radius 3 is 3.00 bits per heavy atom. The predicted octanol–water partition coefficient (Wildman–Crippen LogP) is 2.22. The van der Waals surface area contributed by atoms with Gasteiger partial charge in [0.2, 0.25) is 0 Å². The second-order valence-electron chi connectivity index (χ2n) is 7.75. The van der Waals surface area contributed by atoms with Gasteiger partial charge in [0, 0.05) is 31.5 Å². The van der Waals surface area contributed by atoms with Crippen LogP contribution in [-0.2, 0) is 24.2 Å². The van der Waals surface area contributed by atoms with Gasteiger partial charge in [-0.3, -0.25) is 15.0 Å². The number of aldehydes is 1. The number of nitriles is 1. The first-order chi connectivity index (χ1) is 15.1. The Kier molecular flexibility index (Phi) is 6.21. The minimum atomic E-state index is -0.408. The van der Waals surface area contributed by atoms with Gasteiger partial charge in [0.25, 0.3) is 0 Å². The number of aliphatic hydroxyl groups excluding tert-OH is 1. The van der Waals surface area contributed by atoms with E-state index in [-0.39, 0.29) is 12.3 Å². The maximum Gasteiger partial charge on any atom is 0.328 e. The lowest BCUT2D eigenvalue weighted by Crippen LogP contribution is -2.40. The van der Waals surface area contributed by atoms with Gasteiger partial charge in [-0.2, -0.15) is 5.26 Å². The predicted molar refractivity (Wildman–Crippen MR) is 112 cm³/mol. The van der Waals surface area contributed by atoms with E-state index in [1.54, 1.807) is 12.1 Å². The van der Waals surface area contributed by atoms with E-state index < -0.39 is 6.03 Å². The summed E-state index contributed by atoms with van der Waals surface area (Å²) in [6.45, 7) is 1.55. The molecule has 2 aromatic heterocycles. The van der Waals surface area contributed by atoms with E-state index >= 15 is 0 Å². The Hall–Kier alpha value is -3.35. The van der Waals surface area contributed by atoms with Gasteiger partial charge >= 0.3 is 6.03 Å². The first-order valence-corrected chi connectivity index (χ1v) is 10.3. The highest BCUT2D eigenvalue weighted by Gasteiger charge is 2.26. The van der Waals surface area contributed by atoms with Crippen LogP contribution >= 0.6 is 0 Å². The molecule has 0 radical (unpaired) electrons. The van der Waals surface area contributed by atoms with Crippen molar-refractivity contribution in [1.29, 1.82) is 5.26 Å². The summed E-state index contributed by atoms with van der Waals surface area (Å²) in [6, 6.07) is 5.22. The number of urea groups is 1. The molecule has 2 aromatic rings. The number of anilines is 2. The van der Waals surface area contributed by atoms with Crippen LogP contribution in [0, 0.1) is 17.2 Å². The molecular formula is C22H23N5O4. The highest BCUT2D eigenvalue weighted by atomic mass is 16.5. The zero-order valence-corrected chi connectivity index (χ0v) is 17.0. The van der Waals surface area contributed by atoms with Crippen molar-refractivity contribution in [2.45, 2.75) is 32.3 Å². The number of carbonyl (C=O) groups is 2. The van der Waals surface area contributed by atoms with Crippen LogP contribution in [-0.4, -0.2) is 47.2 Å². The summed E-state index contributed by atoms with van der Waals surface area (Å²) in [4.78, 5) is 34.4. The van der Waals surface area contributed by atoms with Gasteiger partial charge < -0.3 is 9.84 Å². The van der Waals surface area contributed by atoms with Gasteiger partial charge in [0.15, 0.2) is 6.29 Å². The summed E-state index contributed by atoms with van der Waals surface area (Å²) in [5.41, 5.74) is 2.70. The lowest BCUT2D eigenvalue weighted by Gasteiger charge is -2.29. The van der Waals surface area contributed by atoms with E-state index in [1.165, 1.54) is 11.1 Å². The van der Waals surface area contributed by atoms with Crippen molar-refractivity contribution in [1.82, 2.24) is 9.97 Å². The zero-order chi connectivity index (χ0) is 21.8. The van der Waals surface area contributed by atoms with Gasteiger partial charge in [-0.25, -0.2) is 14.8 Å². The maximum atomic E-state index is 13.0. The van der Waals surface area contributed by atoms with Crippen LogP contribution in [0.25, 0.3) is 0 Å². The fourth-order valence-electron chi connectivity index (χ4n) is 4.05. The third kappa shape index (κ3) is 4.40. The lowest BCUT2D eigenvalue weighted by atomic mass is 9.96. The van der Waals surface area contributed by atoms with Crippen molar-refractivity contribution in [2.75, 3.05) is 30.0 Å². The first-order valence-electron chi connectivity index (χ1n) is 10.3. The number of aromatic nitrogens is 2. The summed E-state index contributed by atoms with van der Waals surface area (Å²) in [5.74, 6) is 1.12. The quantitative estimate of drug-likeness (QED) is 0.708. The van der Waals surface area contributed by atoms with E-state index in [0.29, 0.717) is 61.0 Å². The second-order valence-corrected chi connectivity index (χ2v) is 7.75. The van der Waals surface area contributed by atoms with Crippen LogP contribution in [0.1, 0.15) is 45.6 Å². The molecule has 0 saturated carbocycles. The Balaban J connectivity index is 1.56. The number of aliphatic hydroxyl groups is 1. The molecule has 0 aromatic carbocycles. The highest BCUT2D eigenvalue weighted by Crippen LogP contribution is 2.28. The summed E-state index contributed by atoms with van der Waals surface area (Å²) in [6.07, 6.45) is 5.13. The summed E-state index contributed by atoms with van der Waals surface area (Å²) in [5, 5.41) is 21.7. The van der Waals surface area contributed by atoms with E-state index in [0.717, 1.165) is 30.6 Å². The van der Waals surface area contributed by atoms with Crippen LogP contribution in [0.2, 0.25) is 0 Å². The fraction of sp³-hybridized carbons (Fsp3) is 0.409. The molecule has 4 heterocycles. The van der Waals surface area contributed by atoms with E-state index in [9.17, 15) is 20.0 Å². The largest absolute Gasteiger partial charge is 0.392 e. The molecule has 4 rings (SSSR count). The zero-order valence-electron chi connectivity index (χ0n) is 17.0. The summed E-state index contributed by atoms with van der Waals surface area (Å²) < 4.78 is 5.42. The molecule has 0 bridgehead atoms. The number of pyridine rings is 2. The van der Waals surface area contributed by atoms with Gasteiger partial charge in [-0.1, -0.05) is 0 Å². The van der Waals surface area contributed by atoms with Gasteiger partial charge in [0.1, 0.15) is 23.4 Å². The minimum Gasteiger partial charge on any atom is -0.392 e. The Morgan fingerprint density at radius 1 is 1.42 bits per heavy atom. The van der Waals surface area contributed by atoms with E-state index in [2.05, 4.69) is 21.4 Å². The van der Waals surface area contributed by atoms with E-state index in [1.807, 2.05) is 0 Å². The van der Waals surface area contributed by atoms with Crippen molar-refractivity contribution >= 4 is 24.0 Å². The topological polar surface area (TPSA) is 128 Å². The number of nitrogens with one attached hydrogen (secondary N) is 1. The van der Waals surface area contributed by atoms with Crippen molar-refractivity contribution < 1.29 is 19.4 Å². The van der Waals surface area contributed by atoms with Gasteiger partial charge in [0.05, 0.1) is 12.2 Å². The molecule has 31 heavy (non-hydrogen) atoms. The SMILES string of the molecule is N#Cc1cnc(NC(=O)N2CCCc3cc(CO)c(C=O)nc32)cc1CC1CCOC1. The third-order valence-electron chi connectivity index (χ3n) is 5.68. The monoisotopic (exact) mass is 421 g/mol. The molecule has 2 amide bonds. The van der Waals surface area contributed by atoms with Gasteiger partial charge in [-0.15, -0.1) is 0 Å². The third-order valence-corrected chi connectivity index (χ3v) is 5.68. The number of nitrogens with zero attached hydrogens (tertiary/aromatic N) is 4. The molecule has 1 saturated heterocycles. The number of amides is 2.